The number of esters is 1. The van der Waals surface area contributed by atoms with E-state index >= 15 is 0 Å². The molecule has 4 heteroatoms. The summed E-state index contributed by atoms with van der Waals surface area (Å²) < 4.78 is 10.2. The number of rotatable bonds is 5. The van der Waals surface area contributed by atoms with Crippen molar-refractivity contribution >= 4 is 5.97 Å². The molecule has 1 aromatic carbocycles. The van der Waals surface area contributed by atoms with Crippen LogP contribution >= 0.6 is 0 Å². The summed E-state index contributed by atoms with van der Waals surface area (Å²) in [6.07, 6.45) is -1.46. The van der Waals surface area contributed by atoms with Crippen molar-refractivity contribution in [3.8, 4) is 0 Å². The second-order valence-electron chi connectivity index (χ2n) is 4.32. The lowest BCUT2D eigenvalue weighted by Gasteiger charge is -2.25. The number of carbonyl (C=O) groups excluding carboxylic acids is 1. The molecule has 20 heavy (non-hydrogen) atoms. The van der Waals surface area contributed by atoms with Crippen molar-refractivity contribution in [3.63, 3.8) is 0 Å². The van der Waals surface area contributed by atoms with E-state index in [1.165, 1.54) is 14.0 Å². The van der Waals surface area contributed by atoms with Gasteiger partial charge in [0.25, 0.3) is 0 Å². The minimum absolute atomic E-state index is 0.357. The van der Waals surface area contributed by atoms with Crippen LogP contribution in [0.2, 0.25) is 0 Å². The predicted molar refractivity (Wildman–Crippen MR) is 79.2 cm³/mol. The van der Waals surface area contributed by atoms with Gasteiger partial charge in [0.15, 0.2) is 6.29 Å². The Bertz CT molecular complexity index is 401. The SMILES string of the molecule is CC.COC(=O)C(C)C(OC(C)O)c1ccccc1C. The summed E-state index contributed by atoms with van der Waals surface area (Å²) in [6, 6.07) is 7.63. The predicted octanol–water partition coefficient (Wildman–Crippen LogP) is 3.23. The van der Waals surface area contributed by atoms with Crippen molar-refractivity contribution in [1.82, 2.24) is 0 Å². The average Bonchev–Trinajstić information content (AvgIpc) is 2.46. The third-order valence-electron chi connectivity index (χ3n) is 2.87. The lowest BCUT2D eigenvalue weighted by atomic mass is 9.94. The van der Waals surface area contributed by atoms with Crippen LogP contribution in [0.3, 0.4) is 0 Å². The van der Waals surface area contributed by atoms with Crippen LogP contribution in [0, 0.1) is 12.8 Å². The molecule has 1 aromatic rings. The number of benzene rings is 1. The van der Waals surface area contributed by atoms with Gasteiger partial charge in [0, 0.05) is 0 Å². The van der Waals surface area contributed by atoms with E-state index in [1.54, 1.807) is 6.92 Å². The summed E-state index contributed by atoms with van der Waals surface area (Å²) in [7, 11) is 1.34. The lowest BCUT2D eigenvalue weighted by Crippen LogP contribution is -2.26. The molecule has 0 aliphatic heterocycles. The van der Waals surface area contributed by atoms with Gasteiger partial charge in [-0.25, -0.2) is 0 Å². The Morgan fingerprint density at radius 3 is 2.20 bits per heavy atom. The molecule has 0 spiro atoms. The fourth-order valence-corrected chi connectivity index (χ4v) is 1.89. The molecule has 1 N–H and O–H groups in total. The van der Waals surface area contributed by atoms with Crippen molar-refractivity contribution in [3.05, 3.63) is 35.4 Å². The number of ether oxygens (including phenoxy) is 2. The quantitative estimate of drug-likeness (QED) is 0.665. The third-order valence-corrected chi connectivity index (χ3v) is 2.87. The van der Waals surface area contributed by atoms with Gasteiger partial charge in [-0.1, -0.05) is 38.1 Å². The summed E-state index contributed by atoms with van der Waals surface area (Å²) in [5, 5.41) is 9.40. The Balaban J connectivity index is 0.00000172. The number of aliphatic hydroxyl groups is 1. The second-order valence-corrected chi connectivity index (χ2v) is 4.32. The van der Waals surface area contributed by atoms with E-state index in [9.17, 15) is 9.90 Å². The Hall–Kier alpha value is -1.39. The molecule has 0 aromatic heterocycles. The van der Waals surface area contributed by atoms with E-state index in [1.807, 2.05) is 45.0 Å². The van der Waals surface area contributed by atoms with Gasteiger partial charge in [-0.3, -0.25) is 4.79 Å². The molecule has 0 saturated carbocycles. The van der Waals surface area contributed by atoms with Gasteiger partial charge in [-0.05, 0) is 31.9 Å². The van der Waals surface area contributed by atoms with Crippen LogP contribution in [0.15, 0.2) is 24.3 Å². The largest absolute Gasteiger partial charge is 0.469 e. The number of aryl methyl sites for hydroxylation is 1. The molecular weight excluding hydrogens is 256 g/mol. The molecule has 0 amide bonds. The highest BCUT2D eigenvalue weighted by Gasteiger charge is 2.29. The van der Waals surface area contributed by atoms with E-state index in [2.05, 4.69) is 0 Å². The van der Waals surface area contributed by atoms with Crippen LogP contribution in [0.4, 0.5) is 0 Å². The first-order chi connectivity index (χ1) is 9.47. The third kappa shape index (κ3) is 5.31. The van der Waals surface area contributed by atoms with Crippen molar-refractivity contribution in [1.29, 1.82) is 0 Å². The molecule has 1 rings (SSSR count). The maximum Gasteiger partial charge on any atom is 0.311 e. The fraction of sp³-hybridized carbons (Fsp3) is 0.562. The van der Waals surface area contributed by atoms with Crippen LogP contribution in [0.1, 0.15) is 44.9 Å². The van der Waals surface area contributed by atoms with Crippen molar-refractivity contribution in [2.75, 3.05) is 7.11 Å². The minimum atomic E-state index is -0.943. The zero-order chi connectivity index (χ0) is 15.7. The lowest BCUT2D eigenvalue weighted by molar-refractivity contribution is -0.167. The van der Waals surface area contributed by atoms with E-state index in [0.29, 0.717) is 0 Å². The Morgan fingerprint density at radius 2 is 1.75 bits per heavy atom. The molecule has 114 valence electrons. The summed E-state index contributed by atoms with van der Waals surface area (Å²) in [5.41, 5.74) is 1.90. The van der Waals surface area contributed by atoms with Crippen molar-refractivity contribution in [2.45, 2.75) is 47.0 Å². The summed E-state index contributed by atoms with van der Waals surface area (Å²) in [4.78, 5) is 11.6. The smallest absolute Gasteiger partial charge is 0.311 e. The number of hydrogen-bond donors (Lipinski definition) is 1. The van der Waals surface area contributed by atoms with Gasteiger partial charge in [0.05, 0.1) is 19.1 Å². The van der Waals surface area contributed by atoms with Crippen molar-refractivity contribution in [2.24, 2.45) is 5.92 Å². The molecule has 0 fully saturated rings. The van der Waals surface area contributed by atoms with E-state index < -0.39 is 18.3 Å². The summed E-state index contributed by atoms with van der Waals surface area (Å²) in [6.45, 7) is 9.19. The number of carbonyl (C=O) groups is 1. The highest BCUT2D eigenvalue weighted by Crippen LogP contribution is 2.30. The van der Waals surface area contributed by atoms with Gasteiger partial charge in [-0.15, -0.1) is 0 Å². The summed E-state index contributed by atoms with van der Waals surface area (Å²) in [5.74, 6) is -0.838. The molecule has 3 unspecified atom stereocenters. The number of hydrogen-bond acceptors (Lipinski definition) is 4. The molecular formula is C16H26O4. The van der Waals surface area contributed by atoms with Crippen LogP contribution < -0.4 is 0 Å². The highest BCUT2D eigenvalue weighted by molar-refractivity contribution is 5.73. The van der Waals surface area contributed by atoms with Crippen LogP contribution in [-0.4, -0.2) is 24.5 Å². The minimum Gasteiger partial charge on any atom is -0.469 e. The Labute approximate surface area is 121 Å². The molecule has 0 heterocycles. The molecule has 0 bridgehead atoms. The first kappa shape index (κ1) is 18.6. The summed E-state index contributed by atoms with van der Waals surface area (Å²) >= 11 is 0. The first-order valence-electron chi connectivity index (χ1n) is 6.94. The van der Waals surface area contributed by atoms with Gasteiger partial charge >= 0.3 is 5.97 Å². The average molecular weight is 282 g/mol. The molecule has 0 radical (unpaired) electrons. The zero-order valence-corrected chi connectivity index (χ0v) is 13.2. The van der Waals surface area contributed by atoms with Gasteiger partial charge in [0.1, 0.15) is 0 Å². The van der Waals surface area contributed by atoms with Crippen LogP contribution in [-0.2, 0) is 14.3 Å². The number of aliphatic hydroxyl groups excluding tert-OH is 1. The van der Waals surface area contributed by atoms with Crippen molar-refractivity contribution < 1.29 is 19.4 Å². The normalized spacial score (nSPS) is 14.6. The molecule has 0 aliphatic carbocycles. The van der Waals surface area contributed by atoms with E-state index in [-0.39, 0.29) is 5.97 Å². The Morgan fingerprint density at radius 1 is 1.20 bits per heavy atom. The maximum absolute atomic E-state index is 11.6. The van der Waals surface area contributed by atoms with Gasteiger partial charge in [-0.2, -0.15) is 0 Å². The van der Waals surface area contributed by atoms with E-state index in [4.69, 9.17) is 9.47 Å². The first-order valence-corrected chi connectivity index (χ1v) is 6.94. The molecule has 4 nitrogen and oxygen atoms in total. The van der Waals surface area contributed by atoms with Gasteiger partial charge < -0.3 is 14.6 Å². The van der Waals surface area contributed by atoms with Gasteiger partial charge in [0.2, 0.25) is 0 Å². The van der Waals surface area contributed by atoms with Crippen LogP contribution in [0.5, 0.6) is 0 Å². The molecule has 3 atom stereocenters. The molecule has 0 aliphatic rings. The standard InChI is InChI=1S/C14H20O4.C2H6/c1-9-7-5-6-8-12(9)13(18-11(3)15)10(2)14(16)17-4;1-2/h5-8,10-11,13,15H,1-4H3;1-2H3. The fourth-order valence-electron chi connectivity index (χ4n) is 1.89. The monoisotopic (exact) mass is 282 g/mol. The zero-order valence-electron chi connectivity index (χ0n) is 13.2. The maximum atomic E-state index is 11.6. The topological polar surface area (TPSA) is 55.8 Å². The number of methoxy groups -OCH3 is 1. The molecule has 0 saturated heterocycles. The second kappa shape index (κ2) is 9.50. The highest BCUT2D eigenvalue weighted by atomic mass is 16.6. The van der Waals surface area contributed by atoms with Crippen LogP contribution in [0.25, 0.3) is 0 Å². The Kier molecular flexibility index (Phi) is 8.84. The van der Waals surface area contributed by atoms with E-state index in [0.717, 1.165) is 11.1 Å².